The first-order chi connectivity index (χ1) is 9.12. The lowest BCUT2D eigenvalue weighted by molar-refractivity contribution is 0.108. The Morgan fingerprint density at radius 1 is 1.47 bits per heavy atom. The Hall–Kier alpha value is -2.22. The molecule has 1 aromatic rings. The molecule has 0 atom stereocenters. The predicted molar refractivity (Wildman–Crippen MR) is 70.8 cm³/mol. The van der Waals surface area contributed by atoms with Crippen LogP contribution in [-0.4, -0.2) is 31.7 Å². The van der Waals surface area contributed by atoms with Crippen molar-refractivity contribution in [3.63, 3.8) is 0 Å². The summed E-state index contributed by atoms with van der Waals surface area (Å²) in [7, 11) is 3.10. The van der Waals surface area contributed by atoms with Crippen LogP contribution >= 0.6 is 0 Å². The maximum Gasteiger partial charge on any atom is 0.410 e. The van der Waals surface area contributed by atoms with E-state index in [2.05, 4.69) is 6.92 Å². The number of hydrogen-bond donors (Lipinski definition) is 0. The molecule has 5 nitrogen and oxygen atoms in total. The molecule has 0 heterocycles. The standard InChI is InChI=1S/C14H18N2O3/c1-4-11-5-6-13(18-3)12(9-11)10-19-14(17)16(2)8-7-15/h5-6,9H,4,8,10H2,1-3H3. The topological polar surface area (TPSA) is 62.6 Å². The van der Waals surface area contributed by atoms with E-state index < -0.39 is 6.09 Å². The van der Waals surface area contributed by atoms with Crippen LogP contribution in [0.1, 0.15) is 18.1 Å². The number of nitrogens with zero attached hydrogens (tertiary/aromatic N) is 2. The summed E-state index contributed by atoms with van der Waals surface area (Å²) < 4.78 is 10.4. The van der Waals surface area contributed by atoms with Crippen LogP contribution in [0.25, 0.3) is 0 Å². The Labute approximate surface area is 113 Å². The van der Waals surface area contributed by atoms with Crippen molar-refractivity contribution in [1.82, 2.24) is 4.90 Å². The summed E-state index contributed by atoms with van der Waals surface area (Å²) in [5.41, 5.74) is 1.97. The van der Waals surface area contributed by atoms with E-state index in [9.17, 15) is 4.79 Å². The van der Waals surface area contributed by atoms with Crippen LogP contribution in [0.5, 0.6) is 5.75 Å². The third kappa shape index (κ3) is 4.18. The molecule has 0 aliphatic rings. The third-order valence-corrected chi connectivity index (χ3v) is 2.72. The first-order valence-corrected chi connectivity index (χ1v) is 6.03. The average Bonchev–Trinajstić information content (AvgIpc) is 2.44. The number of amides is 1. The van der Waals surface area contributed by atoms with Crippen molar-refractivity contribution in [1.29, 1.82) is 5.26 Å². The molecule has 1 rings (SSSR count). The van der Waals surface area contributed by atoms with Gasteiger partial charge in [0.2, 0.25) is 0 Å². The van der Waals surface area contributed by atoms with E-state index in [1.54, 1.807) is 7.11 Å². The third-order valence-electron chi connectivity index (χ3n) is 2.72. The number of ether oxygens (including phenoxy) is 2. The van der Waals surface area contributed by atoms with Gasteiger partial charge in [-0.1, -0.05) is 13.0 Å². The molecule has 0 aliphatic heterocycles. The van der Waals surface area contributed by atoms with Gasteiger partial charge in [-0.15, -0.1) is 0 Å². The zero-order chi connectivity index (χ0) is 14.3. The zero-order valence-corrected chi connectivity index (χ0v) is 11.5. The minimum atomic E-state index is -0.523. The summed E-state index contributed by atoms with van der Waals surface area (Å²) in [6.07, 6.45) is 0.379. The van der Waals surface area contributed by atoms with Gasteiger partial charge in [-0.3, -0.25) is 4.90 Å². The van der Waals surface area contributed by atoms with Crippen LogP contribution in [-0.2, 0) is 17.8 Å². The monoisotopic (exact) mass is 262 g/mol. The molecule has 0 saturated carbocycles. The lowest BCUT2D eigenvalue weighted by Gasteiger charge is -2.15. The van der Waals surface area contributed by atoms with Gasteiger partial charge in [-0.2, -0.15) is 5.26 Å². The fourth-order valence-corrected chi connectivity index (χ4v) is 1.58. The maximum atomic E-state index is 11.6. The first-order valence-electron chi connectivity index (χ1n) is 6.03. The van der Waals surface area contributed by atoms with Gasteiger partial charge < -0.3 is 9.47 Å². The summed E-state index contributed by atoms with van der Waals surface area (Å²) in [5.74, 6) is 0.688. The van der Waals surface area contributed by atoms with Crippen molar-refractivity contribution >= 4 is 6.09 Å². The quantitative estimate of drug-likeness (QED) is 0.764. The van der Waals surface area contributed by atoms with Crippen molar-refractivity contribution in [3.8, 4) is 11.8 Å². The van der Waals surface area contributed by atoms with E-state index >= 15 is 0 Å². The van der Waals surface area contributed by atoms with Crippen LogP contribution in [0.3, 0.4) is 0 Å². The molecule has 19 heavy (non-hydrogen) atoms. The summed E-state index contributed by atoms with van der Waals surface area (Å²) in [5, 5.41) is 8.50. The van der Waals surface area contributed by atoms with Gasteiger partial charge in [0.25, 0.3) is 0 Å². The van der Waals surface area contributed by atoms with Crippen LogP contribution in [0, 0.1) is 11.3 Å². The van der Waals surface area contributed by atoms with Crippen molar-refractivity contribution < 1.29 is 14.3 Å². The predicted octanol–water partition coefficient (Wildman–Crippen LogP) is 2.35. The SMILES string of the molecule is CCc1ccc(OC)c(COC(=O)N(C)CC#N)c1. The second-order valence-electron chi connectivity index (χ2n) is 4.07. The number of aryl methyl sites for hydroxylation is 1. The molecule has 5 heteroatoms. The second-order valence-corrected chi connectivity index (χ2v) is 4.07. The molecule has 102 valence electrons. The molecule has 1 amide bonds. The number of rotatable bonds is 5. The van der Waals surface area contributed by atoms with Gasteiger partial charge in [-0.05, 0) is 24.1 Å². The fourth-order valence-electron chi connectivity index (χ4n) is 1.58. The normalized spacial score (nSPS) is 9.58. The van der Waals surface area contributed by atoms with Crippen molar-refractivity contribution in [3.05, 3.63) is 29.3 Å². The molecule has 0 unspecified atom stereocenters. The fraction of sp³-hybridized carbons (Fsp3) is 0.429. The second kappa shape index (κ2) is 7.27. The zero-order valence-electron chi connectivity index (χ0n) is 11.5. The Morgan fingerprint density at radius 3 is 2.79 bits per heavy atom. The van der Waals surface area contributed by atoms with Gasteiger partial charge >= 0.3 is 6.09 Å². The molecule has 0 aliphatic carbocycles. The van der Waals surface area contributed by atoms with Crippen molar-refractivity contribution in [2.45, 2.75) is 20.0 Å². The van der Waals surface area contributed by atoms with Crippen LogP contribution in [0.2, 0.25) is 0 Å². The Balaban J connectivity index is 2.71. The molecule has 0 N–H and O–H groups in total. The highest BCUT2D eigenvalue weighted by molar-refractivity contribution is 5.67. The highest BCUT2D eigenvalue weighted by atomic mass is 16.6. The summed E-state index contributed by atoms with van der Waals surface area (Å²) >= 11 is 0. The molecule has 0 bridgehead atoms. The number of carbonyl (C=O) groups excluding carboxylic acids is 1. The number of nitriles is 1. The highest BCUT2D eigenvalue weighted by Gasteiger charge is 2.11. The lowest BCUT2D eigenvalue weighted by Crippen LogP contribution is -2.27. The molecule has 0 aromatic heterocycles. The van der Waals surface area contributed by atoms with E-state index in [1.807, 2.05) is 24.3 Å². The Kier molecular flexibility index (Phi) is 5.68. The van der Waals surface area contributed by atoms with Crippen LogP contribution in [0.4, 0.5) is 4.79 Å². The Bertz CT molecular complexity index is 480. The van der Waals surface area contributed by atoms with E-state index in [0.717, 1.165) is 17.5 Å². The maximum absolute atomic E-state index is 11.6. The van der Waals surface area contributed by atoms with Crippen LogP contribution < -0.4 is 4.74 Å². The largest absolute Gasteiger partial charge is 0.496 e. The molecular weight excluding hydrogens is 244 g/mol. The summed E-state index contributed by atoms with van der Waals surface area (Å²) in [6, 6.07) is 7.68. The highest BCUT2D eigenvalue weighted by Crippen LogP contribution is 2.21. The average molecular weight is 262 g/mol. The summed E-state index contributed by atoms with van der Waals surface area (Å²) in [4.78, 5) is 12.8. The smallest absolute Gasteiger partial charge is 0.410 e. The Morgan fingerprint density at radius 2 is 2.21 bits per heavy atom. The first kappa shape index (κ1) is 14.8. The molecule has 0 radical (unpaired) electrons. The van der Waals surface area contributed by atoms with E-state index in [-0.39, 0.29) is 13.2 Å². The van der Waals surface area contributed by atoms with Gasteiger partial charge in [0.15, 0.2) is 0 Å². The van der Waals surface area contributed by atoms with Gasteiger partial charge in [0.05, 0.1) is 13.2 Å². The van der Waals surface area contributed by atoms with Gasteiger partial charge in [0, 0.05) is 12.6 Å². The van der Waals surface area contributed by atoms with Gasteiger partial charge in [0.1, 0.15) is 18.9 Å². The minimum Gasteiger partial charge on any atom is -0.496 e. The molecule has 0 spiro atoms. The number of carbonyl (C=O) groups is 1. The number of hydrogen-bond acceptors (Lipinski definition) is 4. The van der Waals surface area contributed by atoms with Crippen molar-refractivity contribution in [2.24, 2.45) is 0 Å². The number of methoxy groups -OCH3 is 1. The van der Waals surface area contributed by atoms with Crippen molar-refractivity contribution in [2.75, 3.05) is 20.7 Å². The van der Waals surface area contributed by atoms with E-state index in [0.29, 0.717) is 5.75 Å². The minimum absolute atomic E-state index is 0.00493. The molecule has 0 fully saturated rings. The molecular formula is C14H18N2O3. The van der Waals surface area contributed by atoms with Gasteiger partial charge in [-0.25, -0.2) is 4.79 Å². The van der Waals surface area contributed by atoms with E-state index in [4.69, 9.17) is 14.7 Å². The summed E-state index contributed by atoms with van der Waals surface area (Å²) in [6.45, 7) is 2.19. The number of benzene rings is 1. The lowest BCUT2D eigenvalue weighted by atomic mass is 10.1. The van der Waals surface area contributed by atoms with E-state index in [1.165, 1.54) is 11.9 Å². The molecule has 1 aromatic carbocycles. The molecule has 0 saturated heterocycles. The van der Waals surface area contributed by atoms with Crippen LogP contribution in [0.15, 0.2) is 18.2 Å².